The first-order valence-corrected chi connectivity index (χ1v) is 12.2. The molecule has 0 spiro atoms. The van der Waals surface area contributed by atoms with Crippen molar-refractivity contribution in [2.75, 3.05) is 12.4 Å². The van der Waals surface area contributed by atoms with Crippen molar-refractivity contribution in [3.63, 3.8) is 0 Å². The molecule has 0 bridgehead atoms. The number of aromatic carboxylic acids is 1. The molecule has 5 heteroatoms. The summed E-state index contributed by atoms with van der Waals surface area (Å²) >= 11 is 1.62. The molecule has 3 N–H and O–H groups in total. The molecule has 1 unspecified atom stereocenters. The van der Waals surface area contributed by atoms with E-state index in [4.69, 9.17) is 10.2 Å². The van der Waals surface area contributed by atoms with Crippen LogP contribution in [0.25, 0.3) is 12.2 Å². The first kappa shape index (κ1) is 24.6. The second kappa shape index (κ2) is 9.82. The monoisotopic (exact) mass is 454 g/mol. The van der Waals surface area contributed by atoms with E-state index >= 15 is 0 Å². The molecular formula is C27H34O4S. The van der Waals surface area contributed by atoms with Gasteiger partial charge >= 0.3 is 5.97 Å². The molecule has 0 saturated carbocycles. The van der Waals surface area contributed by atoms with Crippen LogP contribution in [0.4, 0.5) is 0 Å². The van der Waals surface area contributed by atoms with Crippen molar-refractivity contribution in [2.45, 2.75) is 63.2 Å². The minimum Gasteiger partial charge on any atom is -0.478 e. The zero-order valence-corrected chi connectivity index (χ0v) is 20.2. The highest BCUT2D eigenvalue weighted by atomic mass is 32.2. The molecule has 2 aromatic rings. The second-order valence-electron chi connectivity index (χ2n) is 9.98. The van der Waals surface area contributed by atoms with Crippen LogP contribution in [0.3, 0.4) is 0 Å². The molecule has 172 valence electrons. The zero-order chi connectivity index (χ0) is 23.5. The highest BCUT2D eigenvalue weighted by Crippen LogP contribution is 2.47. The Labute approximate surface area is 195 Å². The molecule has 2 aromatic carbocycles. The van der Waals surface area contributed by atoms with Gasteiger partial charge in [0.1, 0.15) is 0 Å². The fourth-order valence-corrected chi connectivity index (χ4v) is 5.20. The zero-order valence-electron chi connectivity index (χ0n) is 19.4. The summed E-state index contributed by atoms with van der Waals surface area (Å²) in [4.78, 5) is 11.1. The molecule has 0 saturated heterocycles. The lowest BCUT2D eigenvalue weighted by Gasteiger charge is -2.42. The van der Waals surface area contributed by atoms with E-state index in [2.05, 4.69) is 45.9 Å². The Balaban J connectivity index is 1.98. The van der Waals surface area contributed by atoms with E-state index in [1.54, 1.807) is 23.9 Å². The van der Waals surface area contributed by atoms with Crippen molar-refractivity contribution in [3.8, 4) is 0 Å². The van der Waals surface area contributed by atoms with Crippen LogP contribution in [-0.4, -0.2) is 39.8 Å². The van der Waals surface area contributed by atoms with Gasteiger partial charge in [0.05, 0.1) is 18.3 Å². The van der Waals surface area contributed by atoms with Crippen LogP contribution < -0.4 is 0 Å². The van der Waals surface area contributed by atoms with Gasteiger partial charge in [-0.2, -0.15) is 11.8 Å². The van der Waals surface area contributed by atoms with Gasteiger partial charge in [-0.1, -0.05) is 64.1 Å². The molecule has 0 radical (unpaired) electrons. The van der Waals surface area contributed by atoms with Gasteiger partial charge in [-0.15, -0.1) is 0 Å². The van der Waals surface area contributed by atoms with Crippen LogP contribution >= 0.6 is 11.8 Å². The van der Waals surface area contributed by atoms with Crippen molar-refractivity contribution in [1.29, 1.82) is 0 Å². The van der Waals surface area contributed by atoms with Crippen LogP contribution in [0.15, 0.2) is 36.4 Å². The number of carboxylic acids is 1. The molecule has 1 aliphatic rings. The van der Waals surface area contributed by atoms with E-state index in [9.17, 15) is 9.90 Å². The number of carbonyl (C=O) groups is 1. The highest BCUT2D eigenvalue weighted by molar-refractivity contribution is 7.98. The molecule has 4 nitrogen and oxygen atoms in total. The summed E-state index contributed by atoms with van der Waals surface area (Å²) in [6.07, 6.45) is 5.70. The van der Waals surface area contributed by atoms with Crippen LogP contribution in [0.5, 0.6) is 0 Å². The van der Waals surface area contributed by atoms with Gasteiger partial charge in [0, 0.05) is 11.5 Å². The number of aliphatic hydroxyl groups excluding tert-OH is 2. The minimum atomic E-state index is -0.926. The number of thioether (sulfide) groups is 1. The number of hydrogen-bond acceptors (Lipinski definition) is 4. The van der Waals surface area contributed by atoms with E-state index in [1.165, 1.54) is 16.7 Å². The molecule has 0 heterocycles. The van der Waals surface area contributed by atoms with Gasteiger partial charge in [0.15, 0.2) is 0 Å². The summed E-state index contributed by atoms with van der Waals surface area (Å²) in [6, 6.07) is 11.5. The van der Waals surface area contributed by atoms with Crippen molar-refractivity contribution < 1.29 is 20.1 Å². The van der Waals surface area contributed by atoms with E-state index in [0.29, 0.717) is 5.75 Å². The average Bonchev–Trinajstić information content (AvgIpc) is 2.75. The lowest BCUT2D eigenvalue weighted by Crippen LogP contribution is -2.34. The van der Waals surface area contributed by atoms with E-state index in [1.807, 2.05) is 18.2 Å². The Morgan fingerprint density at radius 2 is 1.62 bits per heavy atom. The normalized spacial score (nSPS) is 17.8. The van der Waals surface area contributed by atoms with Crippen molar-refractivity contribution in [1.82, 2.24) is 0 Å². The van der Waals surface area contributed by atoms with Crippen LogP contribution in [-0.2, 0) is 16.6 Å². The second-order valence-corrected chi connectivity index (χ2v) is 11.0. The maximum absolute atomic E-state index is 11.1. The summed E-state index contributed by atoms with van der Waals surface area (Å²) < 4.78 is 0. The first-order chi connectivity index (χ1) is 15.0. The Morgan fingerprint density at radius 1 is 1.03 bits per heavy atom. The van der Waals surface area contributed by atoms with Gasteiger partial charge in [0.2, 0.25) is 0 Å². The third-order valence-electron chi connectivity index (χ3n) is 6.50. The van der Waals surface area contributed by atoms with Gasteiger partial charge in [-0.05, 0) is 63.6 Å². The predicted molar refractivity (Wildman–Crippen MR) is 133 cm³/mol. The fourth-order valence-electron chi connectivity index (χ4n) is 4.24. The van der Waals surface area contributed by atoms with Crippen molar-refractivity contribution in [3.05, 3.63) is 69.8 Å². The van der Waals surface area contributed by atoms with Crippen LogP contribution in [0.1, 0.15) is 78.7 Å². The number of carboxylic acid groups (broad SMARTS) is 1. The first-order valence-electron chi connectivity index (χ1n) is 11.1. The Hall–Kier alpha value is -2.08. The van der Waals surface area contributed by atoms with E-state index in [0.717, 1.165) is 29.7 Å². The van der Waals surface area contributed by atoms with E-state index in [-0.39, 0.29) is 23.0 Å². The number of fused-ring (bicyclic) bond motifs is 1. The van der Waals surface area contributed by atoms with Gasteiger partial charge in [-0.3, -0.25) is 0 Å². The van der Waals surface area contributed by atoms with Gasteiger partial charge in [0.25, 0.3) is 0 Å². The maximum Gasteiger partial charge on any atom is 0.335 e. The highest BCUT2D eigenvalue weighted by Gasteiger charge is 2.37. The predicted octanol–water partition coefficient (Wildman–Crippen LogP) is 5.49. The van der Waals surface area contributed by atoms with Gasteiger partial charge in [-0.25, -0.2) is 4.79 Å². The molecule has 32 heavy (non-hydrogen) atoms. The summed E-state index contributed by atoms with van der Waals surface area (Å²) in [6.45, 7) is 9.02. The minimum absolute atomic E-state index is 0.106. The summed E-state index contributed by atoms with van der Waals surface area (Å²) in [5.74, 6) is 0.310. The van der Waals surface area contributed by atoms with Crippen molar-refractivity contribution in [2.24, 2.45) is 0 Å². The molecule has 1 atom stereocenters. The van der Waals surface area contributed by atoms with E-state index < -0.39 is 12.1 Å². The summed E-state index contributed by atoms with van der Waals surface area (Å²) in [5, 5.41) is 28.0. The standard InChI is InChI=1S/C27H34O4S/c1-26(2)11-12-27(3,4)24-14-21(16-32-17-22(29)15-28)20(13-23(24)26)10-7-18-5-8-19(9-6-18)25(30)31/h5-10,13-14,22,28-29H,11-12,15-17H2,1-4H3,(H,30,31)/b10-7+. The SMILES string of the molecule is CC1(C)CCC(C)(C)c2cc(CSCC(O)CO)c(/C=C/c3ccc(C(=O)O)cc3)cc21. The number of rotatable bonds is 8. The smallest absolute Gasteiger partial charge is 0.335 e. The summed E-state index contributed by atoms with van der Waals surface area (Å²) in [7, 11) is 0. The lowest BCUT2D eigenvalue weighted by molar-refractivity contribution is 0.0697. The third-order valence-corrected chi connectivity index (χ3v) is 7.64. The maximum atomic E-state index is 11.1. The Bertz CT molecular complexity index is 989. The van der Waals surface area contributed by atoms with Crippen LogP contribution in [0, 0.1) is 0 Å². The molecule has 0 aromatic heterocycles. The fraction of sp³-hybridized carbons (Fsp3) is 0.444. The Kier molecular flexibility index (Phi) is 7.53. The Morgan fingerprint density at radius 3 is 2.19 bits per heavy atom. The molecule has 0 amide bonds. The van der Waals surface area contributed by atoms with Gasteiger partial charge < -0.3 is 15.3 Å². The quantitative estimate of drug-likeness (QED) is 0.460. The summed E-state index contributed by atoms with van der Waals surface area (Å²) in [5.41, 5.74) is 6.58. The number of hydrogen-bond donors (Lipinski definition) is 3. The topological polar surface area (TPSA) is 77.8 Å². The molecular weight excluding hydrogens is 420 g/mol. The molecule has 1 aliphatic carbocycles. The van der Waals surface area contributed by atoms with Crippen LogP contribution in [0.2, 0.25) is 0 Å². The number of benzene rings is 2. The number of aliphatic hydroxyl groups is 2. The molecule has 0 aliphatic heterocycles. The lowest BCUT2D eigenvalue weighted by atomic mass is 9.62. The molecule has 3 rings (SSSR count). The largest absolute Gasteiger partial charge is 0.478 e. The average molecular weight is 455 g/mol. The molecule has 0 fully saturated rings. The van der Waals surface area contributed by atoms with Crippen molar-refractivity contribution >= 4 is 29.9 Å². The third kappa shape index (κ3) is 5.64.